The van der Waals surface area contributed by atoms with Crippen molar-refractivity contribution in [1.82, 2.24) is 20.0 Å². The van der Waals surface area contributed by atoms with Gasteiger partial charge in [-0.2, -0.15) is 5.10 Å². The molecule has 1 N–H and O–H groups in total. The summed E-state index contributed by atoms with van der Waals surface area (Å²) < 4.78 is 6.76. The lowest BCUT2D eigenvalue weighted by Gasteiger charge is -2.18. The number of rotatable bonds is 5. The minimum atomic E-state index is -1.12. The highest BCUT2D eigenvalue weighted by Gasteiger charge is 2.33. The average Bonchev–Trinajstić information content (AvgIpc) is 3.19. The first-order valence-electron chi connectivity index (χ1n) is 8.86. The van der Waals surface area contributed by atoms with Crippen LogP contribution in [0.1, 0.15) is 34.1 Å². The van der Waals surface area contributed by atoms with E-state index in [4.69, 9.17) is 16.3 Å². The molecule has 0 aliphatic carbocycles. The minimum absolute atomic E-state index is 0.110. The lowest BCUT2D eigenvalue weighted by molar-refractivity contribution is -0.136. The first kappa shape index (κ1) is 19.9. The number of nitrogens with one attached hydrogen (secondary N) is 1. The molecule has 2 aromatic rings. The van der Waals surface area contributed by atoms with E-state index in [0.717, 1.165) is 16.0 Å². The molecule has 1 aromatic heterocycles. The van der Waals surface area contributed by atoms with Crippen LogP contribution in [0.4, 0.5) is 4.79 Å². The zero-order chi connectivity index (χ0) is 20.4. The lowest BCUT2D eigenvalue weighted by atomic mass is 10.1. The zero-order valence-corrected chi connectivity index (χ0v) is 16.6. The number of carbonyl (C=O) groups is 3. The third kappa shape index (κ3) is 4.01. The first-order valence-corrected chi connectivity index (χ1v) is 9.24. The normalized spacial score (nSPS) is 14.7. The van der Waals surface area contributed by atoms with E-state index in [1.807, 2.05) is 31.2 Å². The van der Waals surface area contributed by atoms with Gasteiger partial charge < -0.3 is 10.1 Å². The van der Waals surface area contributed by atoms with Crippen molar-refractivity contribution in [1.29, 1.82) is 0 Å². The number of urea groups is 1. The van der Waals surface area contributed by atoms with Gasteiger partial charge in [0.05, 0.1) is 12.2 Å². The third-order valence-electron chi connectivity index (χ3n) is 4.48. The Bertz CT molecular complexity index is 923. The van der Waals surface area contributed by atoms with Gasteiger partial charge in [-0.3, -0.25) is 9.69 Å². The number of imide groups is 1. The number of carbonyl (C=O) groups excluding carboxylic acids is 3. The molecule has 1 aliphatic heterocycles. The molecule has 9 heteroatoms. The fourth-order valence-electron chi connectivity index (χ4n) is 2.93. The van der Waals surface area contributed by atoms with Gasteiger partial charge in [-0.25, -0.2) is 14.3 Å². The summed E-state index contributed by atoms with van der Waals surface area (Å²) >= 11 is 6.36. The van der Waals surface area contributed by atoms with E-state index in [9.17, 15) is 14.4 Å². The maximum atomic E-state index is 12.6. The maximum Gasteiger partial charge on any atom is 0.343 e. The second-order valence-corrected chi connectivity index (χ2v) is 7.02. The lowest BCUT2D eigenvalue weighted by Crippen LogP contribution is -2.41. The van der Waals surface area contributed by atoms with Crippen molar-refractivity contribution in [2.75, 3.05) is 13.1 Å². The van der Waals surface area contributed by atoms with Crippen molar-refractivity contribution in [2.24, 2.45) is 0 Å². The second kappa shape index (κ2) is 8.02. The van der Waals surface area contributed by atoms with Crippen molar-refractivity contribution in [3.8, 4) is 0 Å². The van der Waals surface area contributed by atoms with Crippen LogP contribution in [0.25, 0.3) is 0 Å². The Morgan fingerprint density at radius 2 is 1.96 bits per heavy atom. The first-order chi connectivity index (χ1) is 13.3. The van der Waals surface area contributed by atoms with E-state index >= 15 is 0 Å². The van der Waals surface area contributed by atoms with Crippen LogP contribution in [-0.4, -0.2) is 51.8 Å². The van der Waals surface area contributed by atoms with Gasteiger partial charge in [0, 0.05) is 13.1 Å². The van der Waals surface area contributed by atoms with Crippen LogP contribution >= 0.6 is 11.6 Å². The molecule has 3 rings (SSSR count). The van der Waals surface area contributed by atoms with Gasteiger partial charge in [-0.15, -0.1) is 0 Å². The van der Waals surface area contributed by atoms with E-state index in [1.165, 1.54) is 11.6 Å². The smallest absolute Gasteiger partial charge is 0.343 e. The largest absolute Gasteiger partial charge is 0.449 e. The van der Waals surface area contributed by atoms with Crippen molar-refractivity contribution < 1.29 is 19.1 Å². The van der Waals surface area contributed by atoms with Crippen LogP contribution in [0.15, 0.2) is 24.3 Å². The molecule has 1 saturated heterocycles. The van der Waals surface area contributed by atoms with E-state index < -0.39 is 24.0 Å². The van der Waals surface area contributed by atoms with Crippen LogP contribution in [0.3, 0.4) is 0 Å². The molecule has 0 spiro atoms. The summed E-state index contributed by atoms with van der Waals surface area (Å²) in [4.78, 5) is 37.5. The van der Waals surface area contributed by atoms with E-state index in [0.29, 0.717) is 18.8 Å². The number of amides is 3. The molecule has 28 heavy (non-hydrogen) atoms. The molecule has 1 atom stereocenters. The molecule has 8 nitrogen and oxygen atoms in total. The number of hydrogen-bond donors (Lipinski definition) is 1. The summed E-state index contributed by atoms with van der Waals surface area (Å²) in [5.74, 6) is -1.33. The molecule has 2 heterocycles. The third-order valence-corrected chi connectivity index (χ3v) is 4.86. The number of aryl methyl sites for hydroxylation is 2. The highest BCUT2D eigenvalue weighted by molar-refractivity contribution is 6.32. The highest BCUT2D eigenvalue weighted by Crippen LogP contribution is 2.23. The van der Waals surface area contributed by atoms with Gasteiger partial charge in [0.15, 0.2) is 6.10 Å². The van der Waals surface area contributed by atoms with Crippen LogP contribution in [0.5, 0.6) is 0 Å². The zero-order valence-electron chi connectivity index (χ0n) is 15.9. The number of halogens is 1. The van der Waals surface area contributed by atoms with E-state index in [2.05, 4.69) is 10.4 Å². The number of aromatic nitrogens is 2. The monoisotopic (exact) mass is 404 g/mol. The van der Waals surface area contributed by atoms with Crippen LogP contribution in [0, 0.1) is 13.8 Å². The van der Waals surface area contributed by atoms with Crippen LogP contribution in [0.2, 0.25) is 5.15 Å². The topological polar surface area (TPSA) is 93.5 Å². The standard InChI is InChI=1S/C19H21ClN4O4/c1-11-4-6-14(7-5-11)10-24-16(20)15(12(2)22-24)18(26)28-13(3)17(25)23-9-8-21-19(23)27/h4-7,13H,8-10H2,1-3H3,(H,21,27)/t13-/m0/s1. The molecule has 0 unspecified atom stereocenters. The predicted octanol–water partition coefficient (Wildman–Crippen LogP) is 2.30. The number of hydrogen-bond acceptors (Lipinski definition) is 5. The van der Waals surface area contributed by atoms with E-state index in [-0.39, 0.29) is 17.3 Å². The fourth-order valence-corrected chi connectivity index (χ4v) is 3.24. The van der Waals surface area contributed by atoms with Crippen molar-refractivity contribution in [3.63, 3.8) is 0 Å². The average molecular weight is 405 g/mol. The van der Waals surface area contributed by atoms with E-state index in [1.54, 1.807) is 6.92 Å². The molecule has 148 valence electrons. The molecular weight excluding hydrogens is 384 g/mol. The van der Waals surface area contributed by atoms with Crippen molar-refractivity contribution in [3.05, 3.63) is 51.8 Å². The van der Waals surface area contributed by atoms with Gasteiger partial charge in [-0.1, -0.05) is 41.4 Å². The summed E-state index contributed by atoms with van der Waals surface area (Å²) in [6, 6.07) is 7.39. The Labute approximate surface area is 167 Å². The SMILES string of the molecule is Cc1ccc(Cn2nc(C)c(C(=O)O[C@@H](C)C(=O)N3CCNC3=O)c2Cl)cc1. The van der Waals surface area contributed by atoms with Gasteiger partial charge in [0.2, 0.25) is 0 Å². The molecule has 0 bridgehead atoms. The molecule has 1 fully saturated rings. The molecule has 3 amide bonds. The summed E-state index contributed by atoms with van der Waals surface area (Å²) in [5.41, 5.74) is 2.64. The Balaban J connectivity index is 1.73. The molecule has 1 aromatic carbocycles. The molecule has 1 aliphatic rings. The highest BCUT2D eigenvalue weighted by atomic mass is 35.5. The molecular formula is C19H21ClN4O4. The Hall–Kier alpha value is -2.87. The summed E-state index contributed by atoms with van der Waals surface area (Å²) in [6.45, 7) is 6.09. The van der Waals surface area contributed by atoms with Crippen LogP contribution in [-0.2, 0) is 16.1 Å². The number of benzene rings is 1. The predicted molar refractivity (Wildman–Crippen MR) is 102 cm³/mol. The van der Waals surface area contributed by atoms with Gasteiger partial charge in [0.25, 0.3) is 5.91 Å². The number of nitrogens with zero attached hydrogens (tertiary/aromatic N) is 3. The van der Waals surface area contributed by atoms with Gasteiger partial charge >= 0.3 is 12.0 Å². The fraction of sp³-hybridized carbons (Fsp3) is 0.368. The van der Waals surface area contributed by atoms with Gasteiger partial charge in [0.1, 0.15) is 10.7 Å². The summed E-state index contributed by atoms with van der Waals surface area (Å²) in [6.07, 6.45) is -1.12. The molecule has 0 saturated carbocycles. The number of ether oxygens (including phenoxy) is 1. The summed E-state index contributed by atoms with van der Waals surface area (Å²) in [7, 11) is 0. The second-order valence-electron chi connectivity index (χ2n) is 6.66. The van der Waals surface area contributed by atoms with Gasteiger partial charge in [-0.05, 0) is 26.3 Å². The Kier molecular flexibility index (Phi) is 5.69. The maximum absolute atomic E-state index is 12.6. The summed E-state index contributed by atoms with van der Waals surface area (Å²) in [5, 5.41) is 6.99. The molecule has 0 radical (unpaired) electrons. The number of esters is 1. The minimum Gasteiger partial charge on any atom is -0.449 e. The van der Waals surface area contributed by atoms with Crippen LogP contribution < -0.4 is 5.32 Å². The Morgan fingerprint density at radius 3 is 2.57 bits per heavy atom. The van der Waals surface area contributed by atoms with Crippen molar-refractivity contribution >= 4 is 29.5 Å². The van der Waals surface area contributed by atoms with Crippen molar-refractivity contribution in [2.45, 2.75) is 33.4 Å². The quantitative estimate of drug-likeness (QED) is 0.772. The Morgan fingerprint density at radius 1 is 1.29 bits per heavy atom.